The molecule has 1 N–H and O–H groups in total. The van der Waals surface area contributed by atoms with Gasteiger partial charge in [-0.15, -0.1) is 11.3 Å². The molecule has 0 unspecified atom stereocenters. The Hall–Kier alpha value is -1.79. The molecule has 21 heavy (non-hydrogen) atoms. The van der Waals surface area contributed by atoms with Gasteiger partial charge in [0.2, 0.25) is 5.91 Å². The molecule has 0 radical (unpaired) electrons. The highest BCUT2D eigenvalue weighted by Crippen LogP contribution is 2.20. The van der Waals surface area contributed by atoms with Crippen LogP contribution in [0.15, 0.2) is 29.8 Å². The van der Waals surface area contributed by atoms with Gasteiger partial charge < -0.3 is 10.2 Å². The number of pyridine rings is 1. The highest BCUT2D eigenvalue weighted by molar-refractivity contribution is 7.09. The van der Waals surface area contributed by atoms with Gasteiger partial charge in [-0.05, 0) is 26.2 Å². The summed E-state index contributed by atoms with van der Waals surface area (Å²) in [7, 11) is 3.97. The molecule has 112 valence electrons. The number of amides is 1. The van der Waals surface area contributed by atoms with E-state index in [4.69, 9.17) is 0 Å². The van der Waals surface area contributed by atoms with Crippen LogP contribution < -0.4 is 5.32 Å². The van der Waals surface area contributed by atoms with Crippen molar-refractivity contribution in [1.29, 1.82) is 0 Å². The number of likely N-dealkylation sites (N-methyl/N-ethyl adjacent to an activating group) is 1. The molecule has 2 rings (SSSR count). The topological polar surface area (TPSA) is 58.1 Å². The minimum atomic E-state index is 0.0754. The Bertz CT molecular complexity index is 568. The predicted octanol–water partition coefficient (Wildman–Crippen LogP) is 1.82. The van der Waals surface area contributed by atoms with Gasteiger partial charge in [0.15, 0.2) is 0 Å². The Morgan fingerprint density at radius 2 is 2.19 bits per heavy atom. The van der Waals surface area contributed by atoms with Crippen LogP contribution in [0.25, 0.3) is 11.4 Å². The number of thiazole rings is 1. The number of carbonyl (C=O) groups excluding carboxylic acids is 1. The second kappa shape index (κ2) is 7.85. The Morgan fingerprint density at radius 1 is 1.33 bits per heavy atom. The fourth-order valence-corrected chi connectivity index (χ4v) is 2.58. The number of rotatable bonds is 7. The van der Waals surface area contributed by atoms with Crippen LogP contribution in [0.5, 0.6) is 0 Å². The number of nitrogens with zero attached hydrogens (tertiary/aromatic N) is 3. The molecule has 0 fully saturated rings. The maximum atomic E-state index is 11.7. The predicted molar refractivity (Wildman–Crippen MR) is 85.2 cm³/mol. The fourth-order valence-electron chi connectivity index (χ4n) is 1.79. The first-order valence-corrected chi connectivity index (χ1v) is 7.80. The minimum absolute atomic E-state index is 0.0754. The molecule has 5 nitrogen and oxygen atoms in total. The summed E-state index contributed by atoms with van der Waals surface area (Å²) in [5.41, 5.74) is 1.75. The third kappa shape index (κ3) is 5.24. The van der Waals surface area contributed by atoms with Gasteiger partial charge in [0, 0.05) is 37.5 Å². The summed E-state index contributed by atoms with van der Waals surface area (Å²) >= 11 is 1.58. The SMILES string of the molecule is CN(C)CCNC(=O)CCc1nc(-c2ccccn2)cs1. The first-order chi connectivity index (χ1) is 10.1. The van der Waals surface area contributed by atoms with Crippen molar-refractivity contribution in [3.8, 4) is 11.4 Å². The Balaban J connectivity index is 1.79. The van der Waals surface area contributed by atoms with Crippen molar-refractivity contribution in [3.05, 3.63) is 34.8 Å². The lowest BCUT2D eigenvalue weighted by atomic mass is 10.3. The van der Waals surface area contributed by atoms with Crippen LogP contribution in [-0.4, -0.2) is 48.0 Å². The van der Waals surface area contributed by atoms with E-state index in [-0.39, 0.29) is 5.91 Å². The van der Waals surface area contributed by atoms with Crippen LogP contribution >= 0.6 is 11.3 Å². The van der Waals surface area contributed by atoms with Crippen molar-refractivity contribution in [1.82, 2.24) is 20.2 Å². The molecule has 2 aromatic rings. The highest BCUT2D eigenvalue weighted by Gasteiger charge is 2.07. The second-order valence-corrected chi connectivity index (χ2v) is 5.94. The van der Waals surface area contributed by atoms with E-state index in [9.17, 15) is 4.79 Å². The molecule has 0 saturated carbocycles. The molecule has 0 aliphatic heterocycles. The van der Waals surface area contributed by atoms with E-state index in [1.54, 1.807) is 17.5 Å². The van der Waals surface area contributed by atoms with Gasteiger partial charge in [-0.2, -0.15) is 0 Å². The van der Waals surface area contributed by atoms with Gasteiger partial charge in [0.25, 0.3) is 0 Å². The number of aryl methyl sites for hydroxylation is 1. The van der Waals surface area contributed by atoms with Gasteiger partial charge >= 0.3 is 0 Å². The molecule has 0 spiro atoms. The quantitative estimate of drug-likeness (QED) is 0.847. The molecule has 0 aromatic carbocycles. The van der Waals surface area contributed by atoms with E-state index >= 15 is 0 Å². The number of hydrogen-bond acceptors (Lipinski definition) is 5. The van der Waals surface area contributed by atoms with Crippen LogP contribution in [0.1, 0.15) is 11.4 Å². The first kappa shape index (κ1) is 15.6. The molecule has 1 amide bonds. The largest absolute Gasteiger partial charge is 0.355 e. The number of nitrogens with one attached hydrogen (secondary N) is 1. The molecule has 0 aliphatic carbocycles. The third-order valence-electron chi connectivity index (χ3n) is 2.93. The monoisotopic (exact) mass is 304 g/mol. The maximum Gasteiger partial charge on any atom is 0.220 e. The van der Waals surface area contributed by atoms with Crippen molar-refractivity contribution in [2.45, 2.75) is 12.8 Å². The van der Waals surface area contributed by atoms with E-state index < -0.39 is 0 Å². The van der Waals surface area contributed by atoms with Crippen LogP contribution in [0.3, 0.4) is 0 Å². The zero-order valence-corrected chi connectivity index (χ0v) is 13.2. The van der Waals surface area contributed by atoms with E-state index in [1.807, 2.05) is 42.6 Å². The zero-order valence-electron chi connectivity index (χ0n) is 12.4. The fraction of sp³-hybridized carbons (Fsp3) is 0.400. The first-order valence-electron chi connectivity index (χ1n) is 6.92. The van der Waals surface area contributed by atoms with Crippen molar-refractivity contribution in [2.75, 3.05) is 27.2 Å². The van der Waals surface area contributed by atoms with E-state index in [2.05, 4.69) is 15.3 Å². The standard InChI is InChI=1S/C15H20N4OS/c1-19(2)10-9-17-14(20)6-7-15-18-13(11-21-15)12-5-3-4-8-16-12/h3-5,8,11H,6-7,9-10H2,1-2H3,(H,17,20). The molecular weight excluding hydrogens is 284 g/mol. The van der Waals surface area contributed by atoms with E-state index in [0.29, 0.717) is 19.4 Å². The highest BCUT2D eigenvalue weighted by atomic mass is 32.1. The lowest BCUT2D eigenvalue weighted by Crippen LogP contribution is -2.31. The summed E-state index contributed by atoms with van der Waals surface area (Å²) in [5, 5.41) is 5.87. The average molecular weight is 304 g/mol. The minimum Gasteiger partial charge on any atom is -0.355 e. The van der Waals surface area contributed by atoms with Crippen LogP contribution in [-0.2, 0) is 11.2 Å². The van der Waals surface area contributed by atoms with Gasteiger partial charge in [-0.25, -0.2) is 4.98 Å². The van der Waals surface area contributed by atoms with Crippen LogP contribution in [0.4, 0.5) is 0 Å². The summed E-state index contributed by atoms with van der Waals surface area (Å²) in [6, 6.07) is 5.77. The van der Waals surface area contributed by atoms with Crippen LogP contribution in [0, 0.1) is 0 Å². The van der Waals surface area contributed by atoms with Gasteiger partial charge in [0.05, 0.1) is 16.4 Å². The maximum absolute atomic E-state index is 11.7. The van der Waals surface area contributed by atoms with Crippen molar-refractivity contribution in [2.24, 2.45) is 0 Å². The van der Waals surface area contributed by atoms with E-state index in [1.165, 1.54) is 0 Å². The lowest BCUT2D eigenvalue weighted by molar-refractivity contribution is -0.121. The van der Waals surface area contributed by atoms with Gasteiger partial charge in [0.1, 0.15) is 0 Å². The summed E-state index contributed by atoms with van der Waals surface area (Å²) in [6.45, 7) is 1.54. The van der Waals surface area contributed by atoms with Crippen molar-refractivity contribution < 1.29 is 4.79 Å². The Kier molecular flexibility index (Phi) is 5.83. The number of carbonyl (C=O) groups is 1. The summed E-state index contributed by atoms with van der Waals surface area (Å²) in [6.07, 6.45) is 2.90. The van der Waals surface area contributed by atoms with Gasteiger partial charge in [-0.1, -0.05) is 6.07 Å². The molecule has 0 saturated heterocycles. The molecular formula is C15H20N4OS. The molecule has 0 aliphatic rings. The van der Waals surface area contributed by atoms with Crippen LogP contribution in [0.2, 0.25) is 0 Å². The lowest BCUT2D eigenvalue weighted by Gasteiger charge is -2.09. The van der Waals surface area contributed by atoms with Gasteiger partial charge in [-0.3, -0.25) is 9.78 Å². The number of aromatic nitrogens is 2. The summed E-state index contributed by atoms with van der Waals surface area (Å²) in [4.78, 5) is 22.6. The van der Waals surface area contributed by atoms with Crippen molar-refractivity contribution in [3.63, 3.8) is 0 Å². The summed E-state index contributed by atoms with van der Waals surface area (Å²) in [5.74, 6) is 0.0754. The molecule has 0 bridgehead atoms. The smallest absolute Gasteiger partial charge is 0.220 e. The average Bonchev–Trinajstić information content (AvgIpc) is 2.94. The normalized spacial score (nSPS) is 10.8. The molecule has 2 heterocycles. The summed E-state index contributed by atoms with van der Waals surface area (Å²) < 4.78 is 0. The molecule has 2 aromatic heterocycles. The Labute approximate surface area is 129 Å². The Morgan fingerprint density at radius 3 is 2.90 bits per heavy atom. The third-order valence-corrected chi connectivity index (χ3v) is 3.83. The molecule has 0 atom stereocenters. The molecule has 6 heteroatoms. The number of hydrogen-bond donors (Lipinski definition) is 1. The van der Waals surface area contributed by atoms with Crippen molar-refractivity contribution >= 4 is 17.2 Å². The second-order valence-electron chi connectivity index (χ2n) is 4.99. The zero-order chi connectivity index (χ0) is 15.1. The van der Waals surface area contributed by atoms with E-state index in [0.717, 1.165) is 22.9 Å².